The van der Waals surface area contributed by atoms with Crippen LogP contribution in [0.3, 0.4) is 0 Å². The molecule has 0 aromatic heterocycles. The number of amides is 1. The fourth-order valence-corrected chi connectivity index (χ4v) is 3.12. The third-order valence-electron chi connectivity index (χ3n) is 2.95. The molecule has 4 heteroatoms. The van der Waals surface area contributed by atoms with E-state index in [0.29, 0.717) is 6.54 Å². The van der Waals surface area contributed by atoms with Crippen LogP contribution in [-0.4, -0.2) is 28.6 Å². The molecule has 1 saturated heterocycles. The summed E-state index contributed by atoms with van der Waals surface area (Å²) < 4.78 is 0. The Kier molecular flexibility index (Phi) is 5.31. The summed E-state index contributed by atoms with van der Waals surface area (Å²) in [6, 6.07) is 7.69. The second-order valence-corrected chi connectivity index (χ2v) is 5.69. The predicted octanol–water partition coefficient (Wildman–Crippen LogP) is 1.54. The summed E-state index contributed by atoms with van der Waals surface area (Å²) >= 11 is 1.74. The van der Waals surface area contributed by atoms with Crippen molar-refractivity contribution < 1.29 is 9.90 Å². The van der Waals surface area contributed by atoms with Gasteiger partial charge in [0.25, 0.3) is 0 Å². The Morgan fingerprint density at radius 1 is 1.42 bits per heavy atom. The molecule has 1 aromatic carbocycles. The van der Waals surface area contributed by atoms with Crippen molar-refractivity contribution in [2.75, 3.05) is 12.4 Å². The Bertz CT molecular complexity index is 481. The average Bonchev–Trinajstić information content (AvgIpc) is 2.98. The average molecular weight is 275 g/mol. The number of carbonyl (C=O) groups is 1. The van der Waals surface area contributed by atoms with Gasteiger partial charge in [-0.05, 0) is 36.3 Å². The van der Waals surface area contributed by atoms with Gasteiger partial charge in [0.1, 0.15) is 6.61 Å². The van der Waals surface area contributed by atoms with Gasteiger partial charge >= 0.3 is 0 Å². The van der Waals surface area contributed by atoms with Gasteiger partial charge in [0.15, 0.2) is 0 Å². The predicted molar refractivity (Wildman–Crippen MR) is 77.7 cm³/mol. The maximum Gasteiger partial charge on any atom is 0.233 e. The zero-order chi connectivity index (χ0) is 13.5. The maximum atomic E-state index is 11.8. The lowest BCUT2D eigenvalue weighted by Crippen LogP contribution is -2.30. The molecule has 1 atom stereocenters. The van der Waals surface area contributed by atoms with E-state index < -0.39 is 0 Å². The molecule has 0 bridgehead atoms. The molecule has 1 aliphatic rings. The van der Waals surface area contributed by atoms with Gasteiger partial charge < -0.3 is 10.4 Å². The third-order valence-corrected chi connectivity index (χ3v) is 4.33. The van der Waals surface area contributed by atoms with E-state index in [1.165, 1.54) is 0 Å². The quantitative estimate of drug-likeness (QED) is 0.823. The van der Waals surface area contributed by atoms with Gasteiger partial charge in [-0.15, -0.1) is 11.8 Å². The molecule has 1 fully saturated rings. The van der Waals surface area contributed by atoms with E-state index in [1.54, 1.807) is 11.8 Å². The molecule has 2 rings (SSSR count). The monoisotopic (exact) mass is 275 g/mol. The molecule has 1 aromatic rings. The van der Waals surface area contributed by atoms with E-state index in [1.807, 2.05) is 24.3 Å². The van der Waals surface area contributed by atoms with Crippen LogP contribution in [0.4, 0.5) is 0 Å². The normalized spacial score (nSPS) is 17.6. The Hall–Kier alpha value is -1.44. The number of carbonyl (C=O) groups excluding carboxylic acids is 1. The van der Waals surface area contributed by atoms with E-state index in [2.05, 4.69) is 17.2 Å². The maximum absolute atomic E-state index is 11.8. The highest BCUT2D eigenvalue weighted by atomic mass is 32.2. The van der Waals surface area contributed by atoms with Gasteiger partial charge in [-0.25, -0.2) is 0 Å². The van der Waals surface area contributed by atoms with Crippen molar-refractivity contribution in [1.29, 1.82) is 0 Å². The molecule has 1 aliphatic heterocycles. The van der Waals surface area contributed by atoms with Crippen LogP contribution >= 0.6 is 11.8 Å². The largest absolute Gasteiger partial charge is 0.384 e. The highest BCUT2D eigenvalue weighted by Crippen LogP contribution is 2.26. The Morgan fingerprint density at radius 3 is 2.84 bits per heavy atom. The first-order chi connectivity index (χ1) is 9.29. The van der Waals surface area contributed by atoms with Gasteiger partial charge in [0, 0.05) is 12.1 Å². The molecule has 0 aliphatic carbocycles. The molecule has 1 amide bonds. The van der Waals surface area contributed by atoms with Crippen LogP contribution in [-0.2, 0) is 11.3 Å². The molecule has 0 spiro atoms. The first kappa shape index (κ1) is 14.0. The molecule has 100 valence electrons. The van der Waals surface area contributed by atoms with Gasteiger partial charge in [0.2, 0.25) is 5.91 Å². The lowest BCUT2D eigenvalue weighted by molar-refractivity contribution is -0.120. The summed E-state index contributed by atoms with van der Waals surface area (Å²) in [5, 5.41) is 11.7. The second-order valence-electron chi connectivity index (χ2n) is 4.38. The number of rotatable bonds is 3. The topological polar surface area (TPSA) is 49.3 Å². The number of thioether (sulfide) groups is 1. The summed E-state index contributed by atoms with van der Waals surface area (Å²) in [5.41, 5.74) is 1.93. The minimum absolute atomic E-state index is 0.128. The summed E-state index contributed by atoms with van der Waals surface area (Å²) in [4.78, 5) is 11.8. The molecular formula is C15H17NO2S. The van der Waals surface area contributed by atoms with E-state index in [9.17, 15) is 4.79 Å². The van der Waals surface area contributed by atoms with E-state index >= 15 is 0 Å². The summed E-state index contributed by atoms with van der Waals surface area (Å²) in [5.74, 6) is 6.68. The lowest BCUT2D eigenvalue weighted by Gasteiger charge is -2.09. The first-order valence-electron chi connectivity index (χ1n) is 6.37. The van der Waals surface area contributed by atoms with Gasteiger partial charge in [-0.2, -0.15) is 0 Å². The van der Waals surface area contributed by atoms with Gasteiger partial charge in [-0.3, -0.25) is 4.79 Å². The summed E-state index contributed by atoms with van der Waals surface area (Å²) in [6.45, 7) is 0.431. The van der Waals surface area contributed by atoms with Crippen LogP contribution in [0.25, 0.3) is 0 Å². The van der Waals surface area contributed by atoms with Crippen LogP contribution in [0.1, 0.15) is 24.0 Å². The van der Waals surface area contributed by atoms with Crippen LogP contribution in [0, 0.1) is 11.8 Å². The Morgan fingerprint density at radius 2 is 2.21 bits per heavy atom. The molecule has 0 radical (unpaired) electrons. The van der Waals surface area contributed by atoms with Crippen molar-refractivity contribution in [3.05, 3.63) is 35.4 Å². The van der Waals surface area contributed by atoms with Crippen molar-refractivity contribution in [1.82, 2.24) is 5.32 Å². The van der Waals surface area contributed by atoms with Gasteiger partial charge in [0.05, 0.1) is 5.25 Å². The Labute approximate surface area is 117 Å². The number of aliphatic hydroxyl groups is 1. The summed E-state index contributed by atoms with van der Waals surface area (Å²) in [6.07, 6.45) is 2.13. The second kappa shape index (κ2) is 7.22. The minimum atomic E-state index is -0.128. The molecule has 2 N–H and O–H groups in total. The molecule has 19 heavy (non-hydrogen) atoms. The number of hydrogen-bond acceptors (Lipinski definition) is 3. The number of aliphatic hydroxyl groups excluding tert-OH is 1. The highest BCUT2D eigenvalue weighted by molar-refractivity contribution is 8.00. The lowest BCUT2D eigenvalue weighted by atomic mass is 10.1. The number of hydrogen-bond donors (Lipinski definition) is 2. The van der Waals surface area contributed by atoms with Crippen molar-refractivity contribution in [3.63, 3.8) is 0 Å². The standard InChI is InChI=1S/C15H17NO2S/c17-9-1-3-12-5-7-13(8-6-12)11-16-15(18)14-4-2-10-19-14/h5-8,14,17H,2,4,9-11H2,(H,16,18). The smallest absolute Gasteiger partial charge is 0.233 e. The fraction of sp³-hybridized carbons (Fsp3) is 0.400. The fourth-order valence-electron chi connectivity index (χ4n) is 1.93. The SMILES string of the molecule is O=C(NCc1ccc(C#CCO)cc1)C1CCCS1. The van der Waals surface area contributed by atoms with Crippen molar-refractivity contribution in [3.8, 4) is 11.8 Å². The first-order valence-corrected chi connectivity index (χ1v) is 7.42. The molecular weight excluding hydrogens is 258 g/mol. The van der Waals surface area contributed by atoms with Crippen LogP contribution in [0.2, 0.25) is 0 Å². The highest BCUT2D eigenvalue weighted by Gasteiger charge is 2.22. The number of nitrogens with one attached hydrogen (secondary N) is 1. The zero-order valence-electron chi connectivity index (χ0n) is 10.7. The Balaban J connectivity index is 1.84. The molecule has 0 saturated carbocycles. The van der Waals surface area contributed by atoms with Gasteiger partial charge in [-0.1, -0.05) is 24.0 Å². The summed E-state index contributed by atoms with van der Waals surface area (Å²) in [7, 11) is 0. The van der Waals surface area contributed by atoms with Crippen LogP contribution in [0.5, 0.6) is 0 Å². The third kappa shape index (κ3) is 4.30. The molecule has 1 heterocycles. The zero-order valence-corrected chi connectivity index (χ0v) is 11.5. The van der Waals surface area contributed by atoms with E-state index in [-0.39, 0.29) is 17.8 Å². The van der Waals surface area contributed by atoms with Crippen molar-refractivity contribution >= 4 is 17.7 Å². The minimum Gasteiger partial charge on any atom is -0.384 e. The molecule has 1 unspecified atom stereocenters. The number of benzene rings is 1. The van der Waals surface area contributed by atoms with Crippen LogP contribution < -0.4 is 5.32 Å². The van der Waals surface area contributed by atoms with E-state index in [0.717, 1.165) is 29.7 Å². The van der Waals surface area contributed by atoms with Crippen molar-refractivity contribution in [2.24, 2.45) is 0 Å². The van der Waals surface area contributed by atoms with Crippen molar-refractivity contribution in [2.45, 2.75) is 24.6 Å². The van der Waals surface area contributed by atoms with Crippen LogP contribution in [0.15, 0.2) is 24.3 Å². The molecule has 3 nitrogen and oxygen atoms in total. The van der Waals surface area contributed by atoms with E-state index in [4.69, 9.17) is 5.11 Å².